The molecule has 1 heterocycles. The lowest BCUT2D eigenvalue weighted by Crippen LogP contribution is -2.31. The molecule has 138 valence electrons. The van der Waals surface area contributed by atoms with Crippen molar-refractivity contribution in [2.45, 2.75) is 19.8 Å². The predicted octanol–water partition coefficient (Wildman–Crippen LogP) is 2.75. The number of rotatable bonds is 7. The van der Waals surface area contributed by atoms with E-state index in [2.05, 4.69) is 29.5 Å². The minimum absolute atomic E-state index is 0.212. The van der Waals surface area contributed by atoms with Gasteiger partial charge in [0.05, 0.1) is 0 Å². The molecule has 26 heavy (non-hydrogen) atoms. The van der Waals surface area contributed by atoms with Gasteiger partial charge in [0.25, 0.3) is 11.8 Å². The summed E-state index contributed by atoms with van der Waals surface area (Å²) in [6.07, 6.45) is 1.48. The molecule has 0 unspecified atom stereocenters. The van der Waals surface area contributed by atoms with Gasteiger partial charge in [-0.3, -0.25) is 14.6 Å². The number of benzene rings is 1. The maximum absolute atomic E-state index is 12.6. The van der Waals surface area contributed by atoms with Gasteiger partial charge in [0.2, 0.25) is 0 Å². The maximum atomic E-state index is 12.6. The van der Waals surface area contributed by atoms with E-state index in [1.807, 2.05) is 43.3 Å². The Hall–Kier alpha value is -2.73. The summed E-state index contributed by atoms with van der Waals surface area (Å²) in [7, 11) is 3.88. The Morgan fingerprint density at radius 2 is 1.85 bits per heavy atom. The van der Waals surface area contributed by atoms with E-state index in [-0.39, 0.29) is 23.4 Å². The SMILES string of the molecule is CC(C)c1ccccc1NC(=O)c1cc(C(=O)NCCN(C)C)ccn1. The predicted molar refractivity (Wildman–Crippen MR) is 104 cm³/mol. The molecule has 0 saturated carbocycles. The molecule has 0 radical (unpaired) electrons. The van der Waals surface area contributed by atoms with Crippen LogP contribution in [0, 0.1) is 0 Å². The van der Waals surface area contributed by atoms with Crippen molar-refractivity contribution in [3.8, 4) is 0 Å². The lowest BCUT2D eigenvalue weighted by atomic mass is 10.0. The summed E-state index contributed by atoms with van der Waals surface area (Å²) in [5.74, 6) is -0.264. The van der Waals surface area contributed by atoms with E-state index in [0.717, 1.165) is 17.8 Å². The van der Waals surface area contributed by atoms with Crippen LogP contribution in [-0.4, -0.2) is 48.9 Å². The highest BCUT2D eigenvalue weighted by atomic mass is 16.2. The fraction of sp³-hybridized carbons (Fsp3) is 0.350. The molecule has 1 aromatic carbocycles. The Balaban J connectivity index is 2.10. The average molecular weight is 354 g/mol. The van der Waals surface area contributed by atoms with E-state index in [1.54, 1.807) is 6.07 Å². The Kier molecular flexibility index (Phi) is 6.86. The topological polar surface area (TPSA) is 74.3 Å². The molecule has 6 heteroatoms. The number of nitrogens with zero attached hydrogens (tertiary/aromatic N) is 2. The van der Waals surface area contributed by atoms with Crippen LogP contribution in [0.5, 0.6) is 0 Å². The number of para-hydroxylation sites is 1. The first-order chi connectivity index (χ1) is 12.4. The van der Waals surface area contributed by atoms with Gasteiger partial charge in [-0.25, -0.2) is 0 Å². The molecule has 2 rings (SSSR count). The van der Waals surface area contributed by atoms with Crippen LogP contribution in [0.2, 0.25) is 0 Å². The zero-order valence-electron chi connectivity index (χ0n) is 15.7. The van der Waals surface area contributed by atoms with E-state index >= 15 is 0 Å². The molecule has 0 bridgehead atoms. The number of carbonyl (C=O) groups is 2. The monoisotopic (exact) mass is 354 g/mol. The molecule has 1 aromatic heterocycles. The molecule has 2 aromatic rings. The number of anilines is 1. The molecule has 0 aliphatic heterocycles. The van der Waals surface area contributed by atoms with Crippen molar-refractivity contribution < 1.29 is 9.59 Å². The smallest absolute Gasteiger partial charge is 0.274 e. The number of hydrogen-bond acceptors (Lipinski definition) is 4. The summed E-state index contributed by atoms with van der Waals surface area (Å²) in [6, 6.07) is 10.8. The van der Waals surface area contributed by atoms with E-state index in [9.17, 15) is 9.59 Å². The van der Waals surface area contributed by atoms with Gasteiger partial charge in [-0.2, -0.15) is 0 Å². The lowest BCUT2D eigenvalue weighted by molar-refractivity contribution is 0.0951. The van der Waals surface area contributed by atoms with Crippen LogP contribution in [0.3, 0.4) is 0 Å². The second-order valence-corrected chi connectivity index (χ2v) is 6.69. The zero-order valence-corrected chi connectivity index (χ0v) is 15.7. The summed E-state index contributed by atoms with van der Waals surface area (Å²) in [5, 5.41) is 5.72. The second-order valence-electron chi connectivity index (χ2n) is 6.69. The van der Waals surface area contributed by atoms with Crippen molar-refractivity contribution in [3.63, 3.8) is 0 Å². The van der Waals surface area contributed by atoms with E-state index in [1.165, 1.54) is 12.3 Å². The third kappa shape index (κ3) is 5.39. The maximum Gasteiger partial charge on any atom is 0.274 e. The molecule has 2 amide bonds. The molecule has 0 aliphatic rings. The van der Waals surface area contributed by atoms with Gasteiger partial charge >= 0.3 is 0 Å². The number of aromatic nitrogens is 1. The van der Waals surface area contributed by atoms with Crippen molar-refractivity contribution in [1.29, 1.82) is 0 Å². The highest BCUT2D eigenvalue weighted by Crippen LogP contribution is 2.24. The summed E-state index contributed by atoms with van der Waals surface area (Å²) in [4.78, 5) is 30.9. The molecule has 2 N–H and O–H groups in total. The fourth-order valence-electron chi connectivity index (χ4n) is 2.49. The van der Waals surface area contributed by atoms with Crippen molar-refractivity contribution in [2.75, 3.05) is 32.5 Å². The molecule has 0 fully saturated rings. The third-order valence-electron chi connectivity index (χ3n) is 3.93. The van der Waals surface area contributed by atoms with Gasteiger partial charge in [-0.1, -0.05) is 32.0 Å². The minimum atomic E-state index is -0.332. The van der Waals surface area contributed by atoms with Crippen LogP contribution in [-0.2, 0) is 0 Å². The summed E-state index contributed by atoms with van der Waals surface area (Å²) < 4.78 is 0. The highest BCUT2D eigenvalue weighted by Gasteiger charge is 2.14. The highest BCUT2D eigenvalue weighted by molar-refractivity contribution is 6.05. The van der Waals surface area contributed by atoms with Crippen molar-refractivity contribution >= 4 is 17.5 Å². The van der Waals surface area contributed by atoms with Gasteiger partial charge in [0.15, 0.2) is 0 Å². The van der Waals surface area contributed by atoms with Crippen molar-refractivity contribution in [3.05, 3.63) is 59.4 Å². The second kappa shape index (κ2) is 9.10. The number of pyridine rings is 1. The van der Waals surface area contributed by atoms with Gasteiger partial charge in [0.1, 0.15) is 5.69 Å². The molecular weight excluding hydrogens is 328 g/mol. The number of amides is 2. The number of carbonyl (C=O) groups excluding carboxylic acids is 2. The van der Waals surface area contributed by atoms with Gasteiger partial charge in [-0.15, -0.1) is 0 Å². The van der Waals surface area contributed by atoms with Crippen LogP contribution in [0.25, 0.3) is 0 Å². The van der Waals surface area contributed by atoms with Crippen LogP contribution in [0.4, 0.5) is 5.69 Å². The van der Waals surface area contributed by atoms with Crippen molar-refractivity contribution in [1.82, 2.24) is 15.2 Å². The number of likely N-dealkylation sites (N-methyl/N-ethyl adjacent to an activating group) is 1. The van der Waals surface area contributed by atoms with Gasteiger partial charge in [-0.05, 0) is 43.8 Å². The standard InChI is InChI=1S/C20H26N4O2/c1-14(2)16-7-5-6-8-17(16)23-20(26)18-13-15(9-10-21-18)19(25)22-11-12-24(3)4/h5-10,13-14H,11-12H2,1-4H3,(H,22,25)(H,23,26). The van der Waals surface area contributed by atoms with Gasteiger partial charge < -0.3 is 15.5 Å². The zero-order chi connectivity index (χ0) is 19.1. The molecule has 0 atom stereocenters. The van der Waals surface area contributed by atoms with Crippen molar-refractivity contribution in [2.24, 2.45) is 0 Å². The van der Waals surface area contributed by atoms with E-state index < -0.39 is 0 Å². The summed E-state index contributed by atoms with van der Waals surface area (Å²) in [6.45, 7) is 5.43. The molecule has 0 spiro atoms. The Morgan fingerprint density at radius 1 is 1.12 bits per heavy atom. The van der Waals surface area contributed by atoms with E-state index in [0.29, 0.717) is 12.1 Å². The molecular formula is C20H26N4O2. The first-order valence-electron chi connectivity index (χ1n) is 8.67. The quantitative estimate of drug-likeness (QED) is 0.802. The third-order valence-corrected chi connectivity index (χ3v) is 3.93. The number of nitrogens with one attached hydrogen (secondary N) is 2. The molecule has 0 saturated heterocycles. The van der Waals surface area contributed by atoms with Crippen LogP contribution in [0.1, 0.15) is 46.2 Å². The lowest BCUT2D eigenvalue weighted by Gasteiger charge is -2.13. The summed E-state index contributed by atoms with van der Waals surface area (Å²) >= 11 is 0. The molecule has 0 aliphatic carbocycles. The minimum Gasteiger partial charge on any atom is -0.351 e. The van der Waals surface area contributed by atoms with Crippen LogP contribution >= 0.6 is 0 Å². The van der Waals surface area contributed by atoms with Gasteiger partial charge in [0, 0.05) is 30.5 Å². The largest absolute Gasteiger partial charge is 0.351 e. The first-order valence-corrected chi connectivity index (χ1v) is 8.67. The Bertz CT molecular complexity index is 772. The van der Waals surface area contributed by atoms with Crippen LogP contribution in [0.15, 0.2) is 42.6 Å². The van der Waals surface area contributed by atoms with E-state index in [4.69, 9.17) is 0 Å². The molecule has 6 nitrogen and oxygen atoms in total. The Morgan fingerprint density at radius 3 is 2.54 bits per heavy atom. The summed E-state index contributed by atoms with van der Waals surface area (Å²) in [5.41, 5.74) is 2.44. The van der Waals surface area contributed by atoms with Crippen LogP contribution < -0.4 is 10.6 Å². The number of hydrogen-bond donors (Lipinski definition) is 2. The normalized spacial score (nSPS) is 10.8. The first kappa shape index (κ1) is 19.6. The fourth-order valence-corrected chi connectivity index (χ4v) is 2.49. The Labute approximate surface area is 154 Å². The average Bonchev–Trinajstić information content (AvgIpc) is 2.61.